The first-order valence-corrected chi connectivity index (χ1v) is 8.90. The van der Waals surface area contributed by atoms with Gasteiger partial charge in [-0.1, -0.05) is 0 Å². The van der Waals surface area contributed by atoms with Crippen LogP contribution >= 0.6 is 18.0 Å². The van der Waals surface area contributed by atoms with E-state index >= 15 is 0 Å². The average molecular weight is 243 g/mol. The molecule has 0 aliphatic heterocycles. The summed E-state index contributed by atoms with van der Waals surface area (Å²) in [7, 11) is -2.35. The van der Waals surface area contributed by atoms with Crippen LogP contribution in [0.1, 0.15) is 13.8 Å². The summed E-state index contributed by atoms with van der Waals surface area (Å²) in [5.41, 5.74) is 0. The first kappa shape index (κ1) is 14.5. The molecule has 0 heterocycles. The van der Waals surface area contributed by atoms with Crippen LogP contribution in [0.2, 0.25) is 0 Å². The molecule has 0 N–H and O–H groups in total. The fraction of sp³-hybridized carbons (Fsp3) is 1.00. The molecule has 0 aliphatic rings. The topological polar surface area (TPSA) is 38.8 Å². The minimum Gasteiger partial charge on any atom is -0.296 e. The van der Waals surface area contributed by atoms with Gasteiger partial charge in [-0.25, -0.2) is 4.57 Å². The quantitative estimate of drug-likeness (QED) is 0.672. The monoisotopic (exact) mass is 243 g/mol. The number of hydrogen-bond acceptors (Lipinski definition) is 3. The predicted octanol–water partition coefficient (Wildman–Crippen LogP) is 2.71. The Balaban J connectivity index is 4.73. The Morgan fingerprint density at radius 3 is 1.71 bits per heavy atom. The van der Waals surface area contributed by atoms with E-state index in [2.05, 4.69) is 18.8 Å². The maximum atomic E-state index is 12.3. The van der Waals surface area contributed by atoms with Crippen molar-refractivity contribution >= 4 is 18.0 Å². The molecule has 6 heteroatoms. The van der Waals surface area contributed by atoms with Crippen LogP contribution in [0.25, 0.3) is 0 Å². The molecule has 0 rings (SSSR count). The van der Waals surface area contributed by atoms with Crippen molar-refractivity contribution in [3.63, 3.8) is 0 Å². The van der Waals surface area contributed by atoms with Gasteiger partial charge < -0.3 is 0 Å². The Labute approximate surface area is 89.0 Å². The highest BCUT2D eigenvalue weighted by molar-refractivity contribution is 8.32. The Kier molecular flexibility index (Phi) is 5.70. The zero-order valence-electron chi connectivity index (χ0n) is 9.94. The smallest absolute Gasteiger partial charge is 0.296 e. The van der Waals surface area contributed by atoms with Crippen LogP contribution in [0.5, 0.6) is 0 Å². The van der Waals surface area contributed by atoms with E-state index < -0.39 is 18.0 Å². The van der Waals surface area contributed by atoms with Gasteiger partial charge in [0.1, 0.15) is 0 Å². The number of rotatable bonds is 6. The maximum absolute atomic E-state index is 12.3. The van der Waals surface area contributed by atoms with Gasteiger partial charge in [-0.3, -0.25) is 9.05 Å². The van der Waals surface area contributed by atoms with E-state index in [-0.39, 0.29) is 0 Å². The SMILES string of the molecule is CCOP(=O)(OCC)N(C)S(C)(C)C. The van der Waals surface area contributed by atoms with Crippen molar-refractivity contribution in [1.82, 2.24) is 4.08 Å². The fourth-order valence-electron chi connectivity index (χ4n) is 0.826. The van der Waals surface area contributed by atoms with E-state index in [4.69, 9.17) is 9.05 Å². The summed E-state index contributed by atoms with van der Waals surface area (Å²) in [4.78, 5) is 0. The predicted molar refractivity (Wildman–Crippen MR) is 64.0 cm³/mol. The summed E-state index contributed by atoms with van der Waals surface area (Å²) in [6.45, 7) is 4.43. The molecule has 0 aromatic carbocycles. The molecule has 0 amide bonds. The van der Waals surface area contributed by atoms with Crippen LogP contribution in [-0.4, -0.2) is 43.1 Å². The second-order valence-corrected chi connectivity index (χ2v) is 9.96. The zero-order valence-corrected chi connectivity index (χ0v) is 11.7. The summed E-state index contributed by atoms with van der Waals surface area (Å²) < 4.78 is 24.5. The van der Waals surface area contributed by atoms with E-state index in [0.717, 1.165) is 0 Å². The average Bonchev–Trinajstić information content (AvgIpc) is 2.02. The lowest BCUT2D eigenvalue weighted by atomic mass is 10.9. The highest BCUT2D eigenvalue weighted by Crippen LogP contribution is 2.62. The van der Waals surface area contributed by atoms with Gasteiger partial charge in [0.2, 0.25) is 0 Å². The van der Waals surface area contributed by atoms with Crippen LogP contribution in [0, 0.1) is 0 Å². The third-order valence-electron chi connectivity index (χ3n) is 1.72. The molecule has 0 aromatic heterocycles. The van der Waals surface area contributed by atoms with Gasteiger partial charge >= 0.3 is 7.75 Å². The molecular weight excluding hydrogens is 221 g/mol. The van der Waals surface area contributed by atoms with Gasteiger partial charge in [0, 0.05) is 7.05 Å². The second-order valence-electron chi connectivity index (χ2n) is 3.54. The Morgan fingerprint density at radius 2 is 1.50 bits per heavy atom. The Hall–Kier alpha value is 0.460. The maximum Gasteiger partial charge on any atom is 0.416 e. The summed E-state index contributed by atoms with van der Waals surface area (Å²) in [5.74, 6) is 0. The molecule has 0 atom stereocenters. The highest BCUT2D eigenvalue weighted by atomic mass is 32.3. The molecule has 0 bridgehead atoms. The highest BCUT2D eigenvalue weighted by Gasteiger charge is 2.35. The molecule has 4 nitrogen and oxygen atoms in total. The molecule has 0 unspecified atom stereocenters. The Bertz CT molecular complexity index is 207. The van der Waals surface area contributed by atoms with E-state index in [0.29, 0.717) is 13.2 Å². The molecule has 0 fully saturated rings. The second kappa shape index (κ2) is 5.52. The summed E-state index contributed by atoms with van der Waals surface area (Å²) in [6, 6.07) is 0. The van der Waals surface area contributed by atoms with Crippen molar-refractivity contribution < 1.29 is 13.6 Å². The first-order chi connectivity index (χ1) is 6.28. The van der Waals surface area contributed by atoms with E-state index in [1.165, 1.54) is 0 Å². The standard InChI is InChI=1S/C8H22NO3PS/c1-7-11-13(10,12-8-2)9(3)14(4,5)6/h7-8H2,1-6H3. The summed E-state index contributed by atoms with van der Waals surface area (Å²) >= 11 is 0. The molecule has 0 aromatic rings. The zero-order chi connectivity index (χ0) is 11.4. The van der Waals surface area contributed by atoms with Crippen molar-refractivity contribution in [3.05, 3.63) is 0 Å². The number of nitrogens with zero attached hydrogens (tertiary/aromatic N) is 1. The van der Waals surface area contributed by atoms with Crippen LogP contribution in [0.15, 0.2) is 0 Å². The lowest BCUT2D eigenvalue weighted by Crippen LogP contribution is -2.21. The fourth-order valence-corrected chi connectivity index (χ4v) is 4.56. The van der Waals surface area contributed by atoms with E-state index in [9.17, 15) is 4.57 Å². The third kappa shape index (κ3) is 3.91. The molecule has 14 heavy (non-hydrogen) atoms. The molecular formula is C8H22NO3PS. The summed E-state index contributed by atoms with van der Waals surface area (Å²) in [5, 5.41) is 0. The van der Waals surface area contributed by atoms with Gasteiger partial charge in [0.05, 0.1) is 13.2 Å². The molecule has 0 saturated heterocycles. The van der Waals surface area contributed by atoms with Crippen molar-refractivity contribution in [2.24, 2.45) is 0 Å². The van der Waals surface area contributed by atoms with Crippen LogP contribution in [-0.2, 0) is 13.6 Å². The van der Waals surface area contributed by atoms with Gasteiger partial charge in [0.25, 0.3) is 0 Å². The lowest BCUT2D eigenvalue weighted by Gasteiger charge is -2.39. The van der Waals surface area contributed by atoms with Crippen molar-refractivity contribution in [2.45, 2.75) is 13.8 Å². The summed E-state index contributed by atoms with van der Waals surface area (Å²) in [6.07, 6.45) is 6.16. The molecule has 0 spiro atoms. The van der Waals surface area contributed by atoms with Gasteiger partial charge in [0.15, 0.2) is 0 Å². The van der Waals surface area contributed by atoms with Crippen LogP contribution < -0.4 is 0 Å². The van der Waals surface area contributed by atoms with Crippen LogP contribution in [0.3, 0.4) is 0 Å². The minimum absolute atomic E-state index is 0.400. The van der Waals surface area contributed by atoms with Gasteiger partial charge in [-0.2, -0.15) is 14.3 Å². The van der Waals surface area contributed by atoms with Crippen molar-refractivity contribution in [2.75, 3.05) is 39.0 Å². The molecule has 88 valence electrons. The van der Waals surface area contributed by atoms with Crippen molar-refractivity contribution in [1.29, 1.82) is 0 Å². The van der Waals surface area contributed by atoms with E-state index in [1.54, 1.807) is 11.1 Å². The molecule has 0 saturated carbocycles. The number of hydrogen-bond donors (Lipinski definition) is 0. The normalized spacial score (nSPS) is 14.8. The third-order valence-corrected chi connectivity index (χ3v) is 7.24. The first-order valence-electron chi connectivity index (χ1n) is 4.59. The van der Waals surface area contributed by atoms with Crippen molar-refractivity contribution in [3.8, 4) is 0 Å². The van der Waals surface area contributed by atoms with Gasteiger partial charge in [-0.15, -0.1) is 0 Å². The minimum atomic E-state index is -3.06. The molecule has 0 radical (unpaired) electrons. The Morgan fingerprint density at radius 1 is 1.14 bits per heavy atom. The largest absolute Gasteiger partial charge is 0.416 e. The lowest BCUT2D eigenvalue weighted by molar-refractivity contribution is 0.198. The van der Waals surface area contributed by atoms with Gasteiger partial charge in [-0.05, 0) is 32.6 Å². The molecule has 0 aliphatic carbocycles. The van der Waals surface area contributed by atoms with Crippen LogP contribution in [0.4, 0.5) is 0 Å². The van der Waals surface area contributed by atoms with E-state index in [1.807, 2.05) is 13.8 Å².